The zero-order chi connectivity index (χ0) is 13.0. The molecule has 1 N–H and O–H groups in total. The molecule has 0 aliphatic rings. The normalized spacial score (nSPS) is 12.4. The Hall–Kier alpha value is -1.81. The van der Waals surface area contributed by atoms with Crippen molar-refractivity contribution in [2.45, 2.75) is 19.6 Å². The summed E-state index contributed by atoms with van der Waals surface area (Å²) in [6, 6.07) is 8.48. The molecule has 0 saturated carbocycles. The van der Waals surface area contributed by atoms with Crippen molar-refractivity contribution in [3.63, 3.8) is 0 Å². The molecule has 1 atom stereocenters. The van der Waals surface area contributed by atoms with Gasteiger partial charge in [0.1, 0.15) is 12.4 Å². The summed E-state index contributed by atoms with van der Waals surface area (Å²) in [5, 5.41) is 3.22. The molecule has 0 aliphatic carbocycles. The molecule has 2 rings (SSSR count). The lowest BCUT2D eigenvalue weighted by molar-refractivity contribution is 0.296. The van der Waals surface area contributed by atoms with E-state index in [0.717, 1.165) is 11.4 Å². The highest BCUT2D eigenvalue weighted by Crippen LogP contribution is 2.19. The maximum atomic E-state index is 5.78. The van der Waals surface area contributed by atoms with Crippen LogP contribution in [0.15, 0.2) is 36.8 Å². The van der Waals surface area contributed by atoms with Gasteiger partial charge in [-0.2, -0.15) is 0 Å². The molecule has 1 unspecified atom stereocenters. The average molecular weight is 245 g/mol. The smallest absolute Gasteiger partial charge is 0.130 e. The molecule has 96 valence electrons. The highest BCUT2D eigenvalue weighted by molar-refractivity contribution is 5.30. The van der Waals surface area contributed by atoms with E-state index in [1.807, 2.05) is 37.0 Å². The Morgan fingerprint density at radius 1 is 1.44 bits per heavy atom. The third-order valence-corrected chi connectivity index (χ3v) is 3.09. The molecule has 0 bridgehead atoms. The lowest BCUT2D eigenvalue weighted by Crippen LogP contribution is -2.12. The van der Waals surface area contributed by atoms with Gasteiger partial charge in [0.25, 0.3) is 0 Å². The van der Waals surface area contributed by atoms with Gasteiger partial charge in [-0.1, -0.05) is 12.1 Å². The molecule has 1 aromatic heterocycles. The number of ether oxygens (including phenoxy) is 1. The molecule has 0 saturated heterocycles. The zero-order valence-corrected chi connectivity index (χ0v) is 11.1. The van der Waals surface area contributed by atoms with Gasteiger partial charge in [-0.05, 0) is 31.7 Å². The first-order valence-electron chi connectivity index (χ1n) is 6.06. The van der Waals surface area contributed by atoms with Gasteiger partial charge in [0, 0.05) is 13.1 Å². The second-order valence-electron chi connectivity index (χ2n) is 4.37. The van der Waals surface area contributed by atoms with Crippen LogP contribution in [0.25, 0.3) is 0 Å². The van der Waals surface area contributed by atoms with Gasteiger partial charge < -0.3 is 14.6 Å². The van der Waals surface area contributed by atoms with Gasteiger partial charge in [0.2, 0.25) is 0 Å². The summed E-state index contributed by atoms with van der Waals surface area (Å²) in [6.45, 7) is 2.66. The Kier molecular flexibility index (Phi) is 3.99. The van der Waals surface area contributed by atoms with E-state index >= 15 is 0 Å². The van der Waals surface area contributed by atoms with Gasteiger partial charge in [-0.15, -0.1) is 0 Å². The van der Waals surface area contributed by atoms with E-state index in [1.54, 1.807) is 6.33 Å². The van der Waals surface area contributed by atoms with Gasteiger partial charge in [0.15, 0.2) is 0 Å². The van der Waals surface area contributed by atoms with Crippen LogP contribution in [-0.4, -0.2) is 16.6 Å². The Morgan fingerprint density at radius 3 is 2.94 bits per heavy atom. The van der Waals surface area contributed by atoms with Gasteiger partial charge >= 0.3 is 0 Å². The van der Waals surface area contributed by atoms with E-state index in [2.05, 4.69) is 29.4 Å². The summed E-state index contributed by atoms with van der Waals surface area (Å²) in [6.07, 6.45) is 3.60. The topological polar surface area (TPSA) is 39.1 Å². The Balaban J connectivity index is 2.04. The van der Waals surface area contributed by atoms with Crippen LogP contribution in [-0.2, 0) is 13.7 Å². The standard InChI is InChI=1S/C14H19N3O/c1-11(15-2)12-5-4-6-14(7-12)18-9-13-8-16-10-17(13)3/h4-8,10-11,15H,9H2,1-3H3. The second-order valence-corrected chi connectivity index (χ2v) is 4.37. The lowest BCUT2D eigenvalue weighted by atomic mass is 10.1. The number of imidazole rings is 1. The number of aryl methyl sites for hydroxylation is 1. The molecule has 4 nitrogen and oxygen atoms in total. The lowest BCUT2D eigenvalue weighted by Gasteiger charge is -2.12. The van der Waals surface area contributed by atoms with Crippen LogP contribution in [0.5, 0.6) is 5.75 Å². The first-order valence-corrected chi connectivity index (χ1v) is 6.06. The number of rotatable bonds is 5. The molecule has 0 radical (unpaired) electrons. The molecule has 1 heterocycles. The van der Waals surface area contributed by atoms with E-state index in [4.69, 9.17) is 4.74 Å². The van der Waals surface area contributed by atoms with Gasteiger partial charge in [0.05, 0.1) is 18.2 Å². The van der Waals surface area contributed by atoms with Crippen molar-refractivity contribution >= 4 is 0 Å². The predicted molar refractivity (Wildman–Crippen MR) is 71.5 cm³/mol. The predicted octanol–water partition coefficient (Wildman–Crippen LogP) is 2.28. The van der Waals surface area contributed by atoms with Crippen LogP contribution in [0.1, 0.15) is 24.2 Å². The Morgan fingerprint density at radius 2 is 2.28 bits per heavy atom. The van der Waals surface area contributed by atoms with E-state index in [1.165, 1.54) is 5.56 Å². The van der Waals surface area contributed by atoms with E-state index in [0.29, 0.717) is 12.6 Å². The number of hydrogen-bond acceptors (Lipinski definition) is 3. The number of nitrogens with one attached hydrogen (secondary N) is 1. The molecular formula is C14H19N3O. The highest BCUT2D eigenvalue weighted by Gasteiger charge is 2.04. The first kappa shape index (κ1) is 12.6. The SMILES string of the molecule is CNC(C)c1cccc(OCc2cncn2C)c1. The van der Waals surface area contributed by atoms with Crippen LogP contribution >= 0.6 is 0 Å². The van der Waals surface area contributed by atoms with Crippen molar-refractivity contribution in [3.8, 4) is 5.75 Å². The van der Waals surface area contributed by atoms with E-state index in [9.17, 15) is 0 Å². The van der Waals surface area contributed by atoms with Crippen molar-refractivity contribution in [1.29, 1.82) is 0 Å². The molecule has 0 amide bonds. The summed E-state index contributed by atoms with van der Waals surface area (Å²) >= 11 is 0. The molecular weight excluding hydrogens is 226 g/mol. The van der Waals surface area contributed by atoms with Gasteiger partial charge in [-0.3, -0.25) is 0 Å². The fourth-order valence-corrected chi connectivity index (χ4v) is 1.72. The molecule has 18 heavy (non-hydrogen) atoms. The van der Waals surface area contributed by atoms with Crippen LogP contribution in [0, 0.1) is 0 Å². The Bertz CT molecular complexity index is 507. The van der Waals surface area contributed by atoms with Crippen LogP contribution < -0.4 is 10.1 Å². The quantitative estimate of drug-likeness (QED) is 0.878. The Labute approximate surface area is 108 Å². The molecule has 4 heteroatoms. The monoisotopic (exact) mass is 245 g/mol. The second kappa shape index (κ2) is 5.69. The van der Waals surface area contributed by atoms with Crippen molar-refractivity contribution in [3.05, 3.63) is 48.0 Å². The number of hydrogen-bond donors (Lipinski definition) is 1. The third-order valence-electron chi connectivity index (χ3n) is 3.09. The fraction of sp³-hybridized carbons (Fsp3) is 0.357. The summed E-state index contributed by atoms with van der Waals surface area (Å²) in [7, 11) is 3.92. The zero-order valence-electron chi connectivity index (χ0n) is 11.1. The number of aromatic nitrogens is 2. The maximum Gasteiger partial charge on any atom is 0.130 e. The molecule has 1 aromatic carbocycles. The van der Waals surface area contributed by atoms with Crippen LogP contribution in [0.2, 0.25) is 0 Å². The van der Waals surface area contributed by atoms with Crippen molar-refractivity contribution < 1.29 is 4.74 Å². The van der Waals surface area contributed by atoms with E-state index < -0.39 is 0 Å². The summed E-state index contributed by atoms with van der Waals surface area (Å²) in [5.41, 5.74) is 2.28. The van der Waals surface area contributed by atoms with Crippen molar-refractivity contribution in [1.82, 2.24) is 14.9 Å². The summed E-state index contributed by atoms with van der Waals surface area (Å²) in [4.78, 5) is 4.07. The number of benzene rings is 1. The minimum atomic E-state index is 0.324. The first-order chi connectivity index (χ1) is 8.70. The molecule has 0 aliphatic heterocycles. The van der Waals surface area contributed by atoms with Crippen LogP contribution in [0.3, 0.4) is 0 Å². The summed E-state index contributed by atoms with van der Waals surface area (Å²) in [5.74, 6) is 0.885. The minimum absolute atomic E-state index is 0.324. The third kappa shape index (κ3) is 2.90. The van der Waals surface area contributed by atoms with Crippen molar-refractivity contribution in [2.75, 3.05) is 7.05 Å². The van der Waals surface area contributed by atoms with E-state index in [-0.39, 0.29) is 0 Å². The molecule has 0 fully saturated rings. The average Bonchev–Trinajstić information content (AvgIpc) is 2.81. The highest BCUT2D eigenvalue weighted by atomic mass is 16.5. The minimum Gasteiger partial charge on any atom is -0.487 e. The molecule has 0 spiro atoms. The van der Waals surface area contributed by atoms with Crippen LogP contribution in [0.4, 0.5) is 0 Å². The fourth-order valence-electron chi connectivity index (χ4n) is 1.72. The largest absolute Gasteiger partial charge is 0.487 e. The molecule has 2 aromatic rings. The van der Waals surface area contributed by atoms with Gasteiger partial charge in [-0.25, -0.2) is 4.98 Å². The van der Waals surface area contributed by atoms with Crippen molar-refractivity contribution in [2.24, 2.45) is 7.05 Å². The summed E-state index contributed by atoms with van der Waals surface area (Å²) < 4.78 is 7.74. The number of nitrogens with zero attached hydrogens (tertiary/aromatic N) is 2. The maximum absolute atomic E-state index is 5.78.